The van der Waals surface area contributed by atoms with E-state index in [1.54, 1.807) is 11.3 Å². The molecule has 0 unspecified atom stereocenters. The second-order valence-corrected chi connectivity index (χ2v) is 5.33. The molecule has 0 spiro atoms. The number of thiocarbonyl (C=S) groups is 1. The van der Waals surface area contributed by atoms with Crippen molar-refractivity contribution in [1.29, 1.82) is 0 Å². The summed E-state index contributed by atoms with van der Waals surface area (Å²) in [6, 6.07) is 0. The Kier molecular flexibility index (Phi) is 3.21. The van der Waals surface area contributed by atoms with Gasteiger partial charge >= 0.3 is 0 Å². The van der Waals surface area contributed by atoms with E-state index in [-0.39, 0.29) is 0 Å². The van der Waals surface area contributed by atoms with Crippen LogP contribution in [0.4, 0.5) is 5.13 Å². The zero-order valence-electron chi connectivity index (χ0n) is 8.77. The Labute approximate surface area is 99.3 Å². The first-order chi connectivity index (χ1) is 7.16. The van der Waals surface area contributed by atoms with Crippen molar-refractivity contribution in [3.63, 3.8) is 0 Å². The second-order valence-electron chi connectivity index (χ2n) is 4.05. The maximum atomic E-state index is 5.54. The SMILES string of the molecule is CC1CCN(c2nc(C(N)=S)cs2)CC1. The molecule has 2 N–H and O–H groups in total. The van der Waals surface area contributed by atoms with Gasteiger partial charge < -0.3 is 10.6 Å². The van der Waals surface area contributed by atoms with Crippen LogP contribution in [0.1, 0.15) is 25.5 Å². The number of thiazole rings is 1. The van der Waals surface area contributed by atoms with Crippen LogP contribution < -0.4 is 10.6 Å². The molecule has 0 amide bonds. The van der Waals surface area contributed by atoms with Crippen LogP contribution >= 0.6 is 23.6 Å². The fourth-order valence-electron chi connectivity index (χ4n) is 1.72. The summed E-state index contributed by atoms with van der Waals surface area (Å²) >= 11 is 6.53. The fourth-order valence-corrected chi connectivity index (χ4v) is 2.78. The molecule has 0 aromatic carbocycles. The highest BCUT2D eigenvalue weighted by Gasteiger charge is 2.18. The molecule has 0 atom stereocenters. The third kappa shape index (κ3) is 2.46. The number of anilines is 1. The highest BCUT2D eigenvalue weighted by Crippen LogP contribution is 2.25. The van der Waals surface area contributed by atoms with Crippen molar-refractivity contribution in [2.24, 2.45) is 11.7 Å². The van der Waals surface area contributed by atoms with Crippen LogP contribution in [0.5, 0.6) is 0 Å². The van der Waals surface area contributed by atoms with Gasteiger partial charge in [-0.1, -0.05) is 19.1 Å². The van der Waals surface area contributed by atoms with Crippen LogP contribution in [-0.4, -0.2) is 23.1 Å². The van der Waals surface area contributed by atoms with Crippen molar-refractivity contribution in [2.45, 2.75) is 19.8 Å². The molecule has 1 aliphatic heterocycles. The largest absolute Gasteiger partial charge is 0.388 e. The third-order valence-corrected chi connectivity index (χ3v) is 3.91. The summed E-state index contributed by atoms with van der Waals surface area (Å²) in [5, 5.41) is 3.00. The van der Waals surface area contributed by atoms with Crippen molar-refractivity contribution < 1.29 is 0 Å². The van der Waals surface area contributed by atoms with Gasteiger partial charge in [0.15, 0.2) is 5.13 Å². The summed E-state index contributed by atoms with van der Waals surface area (Å²) in [4.78, 5) is 7.15. The van der Waals surface area contributed by atoms with Crippen molar-refractivity contribution in [3.05, 3.63) is 11.1 Å². The Morgan fingerprint density at radius 3 is 2.80 bits per heavy atom. The van der Waals surface area contributed by atoms with Crippen molar-refractivity contribution >= 4 is 33.7 Å². The molecule has 0 bridgehead atoms. The summed E-state index contributed by atoms with van der Waals surface area (Å²) in [6.07, 6.45) is 2.50. The summed E-state index contributed by atoms with van der Waals surface area (Å²) in [5.41, 5.74) is 6.29. The Balaban J connectivity index is 2.06. The smallest absolute Gasteiger partial charge is 0.185 e. The molecular formula is C10H15N3S2. The average molecular weight is 241 g/mol. The van der Waals surface area contributed by atoms with Gasteiger partial charge in [-0.3, -0.25) is 0 Å². The Bertz CT molecular complexity index is 353. The maximum absolute atomic E-state index is 5.54. The number of hydrogen-bond donors (Lipinski definition) is 1. The van der Waals surface area contributed by atoms with Crippen LogP contribution in [0, 0.1) is 5.92 Å². The zero-order valence-corrected chi connectivity index (χ0v) is 10.4. The normalized spacial score (nSPS) is 18.1. The molecule has 82 valence electrons. The number of nitrogens with zero attached hydrogens (tertiary/aromatic N) is 2. The van der Waals surface area contributed by atoms with E-state index in [4.69, 9.17) is 18.0 Å². The van der Waals surface area contributed by atoms with E-state index in [1.165, 1.54) is 12.8 Å². The summed E-state index contributed by atoms with van der Waals surface area (Å²) in [5.74, 6) is 0.844. The number of hydrogen-bond acceptors (Lipinski definition) is 4. The van der Waals surface area contributed by atoms with Crippen LogP contribution in [-0.2, 0) is 0 Å². The minimum Gasteiger partial charge on any atom is -0.388 e. The molecule has 1 aliphatic rings. The van der Waals surface area contributed by atoms with Crippen LogP contribution in [0.15, 0.2) is 5.38 Å². The van der Waals surface area contributed by atoms with Crippen LogP contribution in [0.3, 0.4) is 0 Å². The minimum atomic E-state index is 0.392. The average Bonchev–Trinajstić information content (AvgIpc) is 2.68. The van der Waals surface area contributed by atoms with E-state index in [0.717, 1.165) is 29.8 Å². The zero-order chi connectivity index (χ0) is 10.8. The van der Waals surface area contributed by atoms with Crippen LogP contribution in [0.25, 0.3) is 0 Å². The number of rotatable bonds is 2. The molecule has 1 aromatic rings. The van der Waals surface area contributed by atoms with Gasteiger partial charge in [-0.25, -0.2) is 4.98 Å². The summed E-state index contributed by atoms with van der Waals surface area (Å²) < 4.78 is 0. The number of piperidine rings is 1. The van der Waals surface area contributed by atoms with E-state index in [9.17, 15) is 0 Å². The Morgan fingerprint density at radius 2 is 2.27 bits per heavy atom. The van der Waals surface area contributed by atoms with Gasteiger partial charge in [0.1, 0.15) is 10.7 Å². The Morgan fingerprint density at radius 1 is 1.60 bits per heavy atom. The van der Waals surface area contributed by atoms with Gasteiger partial charge in [0.25, 0.3) is 0 Å². The van der Waals surface area contributed by atoms with Crippen molar-refractivity contribution in [3.8, 4) is 0 Å². The van der Waals surface area contributed by atoms with Crippen molar-refractivity contribution in [2.75, 3.05) is 18.0 Å². The first kappa shape index (κ1) is 10.8. The lowest BCUT2D eigenvalue weighted by Gasteiger charge is -2.29. The quantitative estimate of drug-likeness (QED) is 0.804. The monoisotopic (exact) mass is 241 g/mol. The lowest BCUT2D eigenvalue weighted by molar-refractivity contribution is 0.438. The van der Waals surface area contributed by atoms with Gasteiger partial charge in [-0.15, -0.1) is 11.3 Å². The number of aromatic nitrogens is 1. The summed E-state index contributed by atoms with van der Waals surface area (Å²) in [6.45, 7) is 4.51. The molecule has 1 aromatic heterocycles. The highest BCUT2D eigenvalue weighted by atomic mass is 32.1. The summed E-state index contributed by atoms with van der Waals surface area (Å²) in [7, 11) is 0. The molecule has 5 heteroatoms. The highest BCUT2D eigenvalue weighted by molar-refractivity contribution is 7.80. The minimum absolute atomic E-state index is 0.392. The fraction of sp³-hybridized carbons (Fsp3) is 0.600. The molecule has 15 heavy (non-hydrogen) atoms. The van der Waals surface area contributed by atoms with E-state index >= 15 is 0 Å². The van der Waals surface area contributed by atoms with Crippen molar-refractivity contribution in [1.82, 2.24) is 4.98 Å². The van der Waals surface area contributed by atoms with E-state index in [1.807, 2.05) is 5.38 Å². The van der Waals surface area contributed by atoms with Crippen LogP contribution in [0.2, 0.25) is 0 Å². The first-order valence-corrected chi connectivity index (χ1v) is 6.46. The number of nitrogens with two attached hydrogens (primary N) is 1. The molecule has 0 aliphatic carbocycles. The molecule has 0 saturated carbocycles. The van der Waals surface area contributed by atoms with E-state index < -0.39 is 0 Å². The molecule has 2 heterocycles. The van der Waals surface area contributed by atoms with E-state index in [0.29, 0.717) is 4.99 Å². The lowest BCUT2D eigenvalue weighted by Crippen LogP contribution is -2.32. The first-order valence-electron chi connectivity index (χ1n) is 5.17. The standard InChI is InChI=1S/C10H15N3S2/c1-7-2-4-13(5-3-7)10-12-8(6-15-10)9(11)14/h6-7H,2-5H2,1H3,(H2,11,14). The molecule has 0 radical (unpaired) electrons. The topological polar surface area (TPSA) is 42.2 Å². The maximum Gasteiger partial charge on any atom is 0.185 e. The van der Waals surface area contributed by atoms with E-state index in [2.05, 4.69) is 16.8 Å². The predicted octanol–water partition coefficient (Wildman–Crippen LogP) is 2.01. The van der Waals surface area contributed by atoms with Gasteiger partial charge in [0.2, 0.25) is 0 Å². The molecule has 1 saturated heterocycles. The predicted molar refractivity (Wildman–Crippen MR) is 68.6 cm³/mol. The molecule has 3 nitrogen and oxygen atoms in total. The Hall–Kier alpha value is -0.680. The van der Waals surface area contributed by atoms with Gasteiger partial charge in [-0.2, -0.15) is 0 Å². The molecular weight excluding hydrogens is 226 g/mol. The van der Waals surface area contributed by atoms with Gasteiger partial charge in [0, 0.05) is 18.5 Å². The molecule has 2 rings (SSSR count). The van der Waals surface area contributed by atoms with Gasteiger partial charge in [0.05, 0.1) is 0 Å². The third-order valence-electron chi connectivity index (χ3n) is 2.80. The molecule has 1 fully saturated rings. The second kappa shape index (κ2) is 4.45. The van der Waals surface area contributed by atoms with Gasteiger partial charge in [-0.05, 0) is 18.8 Å². The lowest BCUT2D eigenvalue weighted by atomic mass is 10.00.